The second-order valence-corrected chi connectivity index (χ2v) is 4.69. The number of pyridine rings is 1. The first-order valence-electron chi connectivity index (χ1n) is 4.53. The van der Waals surface area contributed by atoms with Crippen LogP contribution in [0.4, 0.5) is 8.78 Å². The molecule has 0 spiro atoms. The summed E-state index contributed by atoms with van der Waals surface area (Å²) >= 11 is 8.88. The zero-order valence-corrected chi connectivity index (χ0v) is 10.9. The smallest absolute Gasteiger partial charge is 0.151 e. The number of benzene rings is 1. The van der Waals surface area contributed by atoms with Crippen LogP contribution in [0.2, 0.25) is 5.02 Å². The minimum absolute atomic E-state index is 0.151. The highest BCUT2D eigenvalue weighted by Gasteiger charge is 2.17. The third-order valence-electron chi connectivity index (χ3n) is 2.52. The molecule has 0 amide bonds. The molecule has 0 saturated heterocycles. The van der Waals surface area contributed by atoms with E-state index in [9.17, 15) is 8.78 Å². The Morgan fingerprint density at radius 3 is 2.56 bits per heavy atom. The van der Waals surface area contributed by atoms with E-state index in [4.69, 9.17) is 11.6 Å². The molecule has 0 radical (unpaired) electrons. The molecule has 2 aromatic rings. The summed E-state index contributed by atoms with van der Waals surface area (Å²) in [5.41, 5.74) is 1.59. The van der Waals surface area contributed by atoms with Crippen molar-refractivity contribution >= 4 is 38.4 Å². The van der Waals surface area contributed by atoms with Crippen LogP contribution in [-0.2, 0) is 0 Å². The van der Waals surface area contributed by atoms with Crippen molar-refractivity contribution in [3.05, 3.63) is 38.5 Å². The number of nitrogens with zero attached hydrogens (tertiary/aromatic N) is 1. The normalized spacial score (nSPS) is 11.1. The van der Waals surface area contributed by atoms with Crippen LogP contribution in [0.15, 0.2) is 10.5 Å². The molecule has 2 rings (SSSR count). The summed E-state index contributed by atoms with van der Waals surface area (Å²) in [4.78, 5) is 4.11. The van der Waals surface area contributed by atoms with Gasteiger partial charge >= 0.3 is 0 Å². The Kier molecular flexibility index (Phi) is 2.88. The highest BCUT2D eigenvalue weighted by Crippen LogP contribution is 2.34. The van der Waals surface area contributed by atoms with Gasteiger partial charge in [0.2, 0.25) is 0 Å². The number of aromatic nitrogens is 1. The first kappa shape index (κ1) is 11.7. The summed E-state index contributed by atoms with van der Waals surface area (Å²) < 4.78 is 26.9. The van der Waals surface area contributed by atoms with Gasteiger partial charge < -0.3 is 0 Å². The summed E-state index contributed by atoms with van der Waals surface area (Å²) in [7, 11) is 0. The molecule has 1 nitrogen and oxygen atoms in total. The minimum Gasteiger partial charge on any atom is -0.253 e. The lowest BCUT2D eigenvalue weighted by atomic mass is 10.1. The van der Waals surface area contributed by atoms with E-state index in [1.54, 1.807) is 13.8 Å². The molecule has 0 aliphatic rings. The number of fused-ring (bicyclic) bond motifs is 1. The van der Waals surface area contributed by atoms with Crippen LogP contribution in [-0.4, -0.2) is 4.98 Å². The first-order valence-corrected chi connectivity index (χ1v) is 5.70. The molecule has 1 heterocycles. The van der Waals surface area contributed by atoms with Gasteiger partial charge in [0.15, 0.2) is 5.82 Å². The maximum Gasteiger partial charge on any atom is 0.151 e. The van der Waals surface area contributed by atoms with Crippen molar-refractivity contribution in [1.82, 2.24) is 4.98 Å². The van der Waals surface area contributed by atoms with Crippen molar-refractivity contribution in [3.8, 4) is 0 Å². The lowest BCUT2D eigenvalue weighted by Gasteiger charge is -2.09. The van der Waals surface area contributed by atoms with E-state index < -0.39 is 11.6 Å². The Labute approximate surface area is 105 Å². The van der Waals surface area contributed by atoms with Gasteiger partial charge in [-0.2, -0.15) is 0 Å². The van der Waals surface area contributed by atoms with Crippen molar-refractivity contribution in [2.75, 3.05) is 0 Å². The lowest BCUT2D eigenvalue weighted by molar-refractivity contribution is 0.580. The van der Waals surface area contributed by atoms with Gasteiger partial charge in [-0.05, 0) is 35.3 Å². The van der Waals surface area contributed by atoms with Crippen LogP contribution >= 0.6 is 27.5 Å². The molecule has 0 atom stereocenters. The van der Waals surface area contributed by atoms with Gasteiger partial charge in [-0.25, -0.2) is 8.78 Å². The van der Waals surface area contributed by atoms with Gasteiger partial charge in [0.05, 0.1) is 20.4 Å². The first-order chi connectivity index (χ1) is 7.43. The van der Waals surface area contributed by atoms with Crippen molar-refractivity contribution < 1.29 is 8.78 Å². The van der Waals surface area contributed by atoms with Gasteiger partial charge in [0.25, 0.3) is 0 Å². The Morgan fingerprint density at radius 1 is 1.31 bits per heavy atom. The van der Waals surface area contributed by atoms with E-state index in [0.717, 1.165) is 0 Å². The number of rotatable bonds is 0. The van der Waals surface area contributed by atoms with Crippen molar-refractivity contribution in [3.63, 3.8) is 0 Å². The van der Waals surface area contributed by atoms with Gasteiger partial charge in [-0.15, -0.1) is 0 Å². The maximum atomic E-state index is 13.8. The predicted octanol–water partition coefficient (Wildman–Crippen LogP) is 4.55. The highest BCUT2D eigenvalue weighted by molar-refractivity contribution is 9.10. The Balaban J connectivity index is 3.03. The standard InChI is InChI=1S/C11H7BrClF2N/c1-4-5(2)16-7-3-6(14)9(12)11(15)8(7)10(4)13/h3H,1-2H3. The fourth-order valence-corrected chi connectivity index (χ4v) is 2.12. The van der Waals surface area contributed by atoms with Gasteiger partial charge in [-0.3, -0.25) is 4.98 Å². The van der Waals surface area contributed by atoms with Gasteiger partial charge in [-0.1, -0.05) is 11.6 Å². The minimum atomic E-state index is -0.712. The number of aryl methyl sites for hydroxylation is 1. The van der Waals surface area contributed by atoms with E-state index in [1.807, 2.05) is 0 Å². The molecule has 0 bridgehead atoms. The Hall–Kier alpha value is -0.740. The van der Waals surface area contributed by atoms with Crippen LogP contribution < -0.4 is 0 Å². The highest BCUT2D eigenvalue weighted by atomic mass is 79.9. The van der Waals surface area contributed by atoms with E-state index in [-0.39, 0.29) is 20.4 Å². The summed E-state index contributed by atoms with van der Waals surface area (Å²) in [6.45, 7) is 3.50. The second kappa shape index (κ2) is 3.93. The molecule has 1 aromatic heterocycles. The molecular weight excluding hydrogens is 299 g/mol. The van der Waals surface area contributed by atoms with Crippen LogP contribution in [0, 0.1) is 25.5 Å². The summed E-state index contributed by atoms with van der Waals surface area (Å²) in [5.74, 6) is -1.40. The van der Waals surface area contributed by atoms with Gasteiger partial charge in [0.1, 0.15) is 5.82 Å². The van der Waals surface area contributed by atoms with Crippen molar-refractivity contribution in [1.29, 1.82) is 0 Å². The van der Waals surface area contributed by atoms with Crippen LogP contribution in [0.1, 0.15) is 11.3 Å². The van der Waals surface area contributed by atoms with E-state index in [1.165, 1.54) is 6.07 Å². The summed E-state index contributed by atoms with van der Waals surface area (Å²) in [6.07, 6.45) is 0. The van der Waals surface area contributed by atoms with Gasteiger partial charge in [0, 0.05) is 11.8 Å². The van der Waals surface area contributed by atoms with Crippen molar-refractivity contribution in [2.24, 2.45) is 0 Å². The molecule has 0 N–H and O–H groups in total. The predicted molar refractivity (Wildman–Crippen MR) is 63.8 cm³/mol. The largest absolute Gasteiger partial charge is 0.253 e. The third kappa shape index (κ3) is 1.60. The molecule has 84 valence electrons. The quantitative estimate of drug-likeness (QED) is 0.651. The zero-order chi connectivity index (χ0) is 12.0. The fraction of sp³-hybridized carbons (Fsp3) is 0.182. The van der Waals surface area contributed by atoms with E-state index in [0.29, 0.717) is 11.3 Å². The third-order valence-corrected chi connectivity index (χ3v) is 3.72. The van der Waals surface area contributed by atoms with E-state index in [2.05, 4.69) is 20.9 Å². The van der Waals surface area contributed by atoms with Crippen LogP contribution in [0.3, 0.4) is 0 Å². The molecule has 0 aliphatic heterocycles. The number of hydrogen-bond donors (Lipinski definition) is 0. The average Bonchev–Trinajstić information content (AvgIpc) is 2.23. The van der Waals surface area contributed by atoms with Crippen LogP contribution in [0.5, 0.6) is 0 Å². The second-order valence-electron chi connectivity index (χ2n) is 3.52. The molecular formula is C11H7BrClF2N. The van der Waals surface area contributed by atoms with Crippen LogP contribution in [0.25, 0.3) is 10.9 Å². The number of hydrogen-bond acceptors (Lipinski definition) is 1. The lowest BCUT2D eigenvalue weighted by Crippen LogP contribution is -1.95. The SMILES string of the molecule is Cc1nc2cc(F)c(Br)c(F)c2c(Cl)c1C. The number of halogens is 4. The van der Waals surface area contributed by atoms with E-state index >= 15 is 0 Å². The molecule has 5 heteroatoms. The summed E-state index contributed by atoms with van der Waals surface area (Å²) in [6, 6.07) is 1.17. The Morgan fingerprint density at radius 2 is 1.94 bits per heavy atom. The zero-order valence-electron chi connectivity index (χ0n) is 8.54. The molecule has 0 aliphatic carbocycles. The molecule has 0 fully saturated rings. The topological polar surface area (TPSA) is 12.9 Å². The summed E-state index contributed by atoms with van der Waals surface area (Å²) in [5, 5.41) is 0.429. The molecule has 16 heavy (non-hydrogen) atoms. The average molecular weight is 307 g/mol. The Bertz CT molecular complexity index is 550. The maximum absolute atomic E-state index is 13.8. The monoisotopic (exact) mass is 305 g/mol. The molecule has 1 aromatic carbocycles. The molecule has 0 saturated carbocycles. The molecule has 0 unspecified atom stereocenters. The fourth-order valence-electron chi connectivity index (χ4n) is 1.49. The van der Waals surface area contributed by atoms with Crippen molar-refractivity contribution in [2.45, 2.75) is 13.8 Å².